The van der Waals surface area contributed by atoms with Crippen molar-refractivity contribution in [1.82, 2.24) is 15.1 Å². The highest BCUT2D eigenvalue weighted by Gasteiger charge is 2.44. The summed E-state index contributed by atoms with van der Waals surface area (Å²) < 4.78 is 34.1. The average Bonchev–Trinajstić information content (AvgIpc) is 3.49. The van der Waals surface area contributed by atoms with E-state index < -0.39 is 10.0 Å². The Bertz CT molecular complexity index is 1770. The third kappa shape index (κ3) is 4.61. The predicted molar refractivity (Wildman–Crippen MR) is 144 cm³/mol. The van der Waals surface area contributed by atoms with E-state index in [-0.39, 0.29) is 22.1 Å². The quantitative estimate of drug-likeness (QED) is 0.288. The average molecular weight is 526 g/mol. The van der Waals surface area contributed by atoms with Crippen LogP contribution < -0.4 is 10.0 Å². The Morgan fingerprint density at radius 1 is 0.947 bits per heavy atom. The summed E-state index contributed by atoms with van der Waals surface area (Å²) in [4.78, 5) is 21.3. The van der Waals surface area contributed by atoms with E-state index in [0.29, 0.717) is 28.5 Å². The van der Waals surface area contributed by atoms with E-state index >= 15 is 0 Å². The molecule has 38 heavy (non-hydrogen) atoms. The second-order valence-electron chi connectivity index (χ2n) is 9.53. The second kappa shape index (κ2) is 9.07. The van der Waals surface area contributed by atoms with Crippen molar-refractivity contribution in [1.29, 1.82) is 0 Å². The Kier molecular flexibility index (Phi) is 5.68. The van der Waals surface area contributed by atoms with Gasteiger partial charge in [0, 0.05) is 28.2 Å². The number of nitrogens with zero attached hydrogens (tertiary/aromatic N) is 3. The van der Waals surface area contributed by atoms with Crippen LogP contribution in [0.25, 0.3) is 33.7 Å². The minimum absolute atomic E-state index is 0.0612. The number of carbonyl (C=O) groups excluding carboxylic acids is 1. The fraction of sp³-hybridized carbons (Fsp3) is 0.143. The highest BCUT2D eigenvalue weighted by molar-refractivity contribution is 7.92. The first-order valence-corrected chi connectivity index (χ1v) is 13.5. The van der Waals surface area contributed by atoms with Crippen LogP contribution >= 0.6 is 0 Å². The molecule has 1 fully saturated rings. The molecule has 0 atom stereocenters. The smallest absolute Gasteiger partial charge is 0.277 e. The summed E-state index contributed by atoms with van der Waals surface area (Å²) in [7, 11) is -3.87. The SMILES string of the molecule is CC1(C(=O)Nc2cccc(NS(=O)(=O)c3ccc(-c4noc(-c5nccc6ccccc56)n4)cc3)c2)CC1. The predicted octanol–water partition coefficient (Wildman–Crippen LogP) is 5.49. The summed E-state index contributed by atoms with van der Waals surface area (Å²) in [6.45, 7) is 1.91. The number of hydrogen-bond donors (Lipinski definition) is 2. The van der Waals surface area contributed by atoms with E-state index in [1.807, 2.05) is 37.3 Å². The minimum Gasteiger partial charge on any atom is -0.332 e. The van der Waals surface area contributed by atoms with E-state index in [9.17, 15) is 13.2 Å². The van der Waals surface area contributed by atoms with E-state index in [0.717, 1.165) is 23.6 Å². The number of rotatable bonds is 7. The van der Waals surface area contributed by atoms with Gasteiger partial charge in [-0.25, -0.2) is 8.42 Å². The number of fused-ring (bicyclic) bond motifs is 1. The molecule has 6 rings (SSSR count). The summed E-state index contributed by atoms with van der Waals surface area (Å²) >= 11 is 0. The third-order valence-electron chi connectivity index (χ3n) is 6.65. The van der Waals surface area contributed by atoms with Gasteiger partial charge in [-0.1, -0.05) is 42.4 Å². The highest BCUT2D eigenvalue weighted by Crippen LogP contribution is 2.45. The van der Waals surface area contributed by atoms with Crippen LogP contribution in [0.1, 0.15) is 19.8 Å². The molecule has 1 aliphatic rings. The molecule has 190 valence electrons. The van der Waals surface area contributed by atoms with E-state index in [1.54, 1.807) is 42.6 Å². The molecule has 9 nitrogen and oxygen atoms in total. The second-order valence-corrected chi connectivity index (χ2v) is 11.2. The van der Waals surface area contributed by atoms with Crippen molar-refractivity contribution in [3.05, 3.63) is 85.1 Å². The van der Waals surface area contributed by atoms with Gasteiger partial charge < -0.3 is 9.84 Å². The van der Waals surface area contributed by atoms with Crippen LogP contribution in [0, 0.1) is 5.41 Å². The zero-order chi connectivity index (χ0) is 26.3. The van der Waals surface area contributed by atoms with Crippen LogP contribution in [0.15, 0.2) is 94.5 Å². The van der Waals surface area contributed by atoms with Crippen LogP contribution in [0.4, 0.5) is 11.4 Å². The summed E-state index contributed by atoms with van der Waals surface area (Å²) in [6, 6.07) is 22.5. The number of anilines is 2. The first-order valence-electron chi connectivity index (χ1n) is 12.0. The lowest BCUT2D eigenvalue weighted by atomic mass is 10.1. The van der Waals surface area contributed by atoms with Gasteiger partial charge in [-0.05, 0) is 66.8 Å². The molecule has 0 spiro atoms. The number of hydrogen-bond acceptors (Lipinski definition) is 7. The van der Waals surface area contributed by atoms with Crippen molar-refractivity contribution in [2.75, 3.05) is 10.0 Å². The number of carbonyl (C=O) groups is 1. The number of aromatic nitrogens is 3. The molecule has 0 aliphatic heterocycles. The summed E-state index contributed by atoms with van der Waals surface area (Å²) in [5, 5.41) is 8.81. The lowest BCUT2D eigenvalue weighted by Crippen LogP contribution is -2.21. The maximum atomic E-state index is 13.0. The maximum absolute atomic E-state index is 13.0. The van der Waals surface area contributed by atoms with Gasteiger partial charge in [0.05, 0.1) is 10.6 Å². The highest BCUT2D eigenvalue weighted by atomic mass is 32.2. The van der Waals surface area contributed by atoms with Gasteiger partial charge in [0.15, 0.2) is 0 Å². The van der Waals surface area contributed by atoms with Gasteiger partial charge >= 0.3 is 0 Å². The van der Waals surface area contributed by atoms with Crippen molar-refractivity contribution in [3.63, 3.8) is 0 Å². The molecular formula is C28H23N5O4S. The molecule has 3 aromatic carbocycles. The normalized spacial score (nSPS) is 14.2. The van der Waals surface area contributed by atoms with Gasteiger partial charge in [0.1, 0.15) is 5.69 Å². The summed E-state index contributed by atoms with van der Waals surface area (Å²) in [5.41, 5.74) is 1.72. The Morgan fingerprint density at radius 2 is 1.71 bits per heavy atom. The van der Waals surface area contributed by atoms with Gasteiger partial charge in [0.25, 0.3) is 15.9 Å². The lowest BCUT2D eigenvalue weighted by molar-refractivity contribution is -0.120. The van der Waals surface area contributed by atoms with Crippen molar-refractivity contribution in [2.24, 2.45) is 5.41 Å². The molecule has 0 unspecified atom stereocenters. The van der Waals surface area contributed by atoms with Crippen molar-refractivity contribution in [3.8, 4) is 23.0 Å². The van der Waals surface area contributed by atoms with Crippen LogP contribution in [0.2, 0.25) is 0 Å². The first-order chi connectivity index (χ1) is 18.3. The number of pyridine rings is 1. The van der Waals surface area contributed by atoms with Crippen LogP contribution in [-0.2, 0) is 14.8 Å². The van der Waals surface area contributed by atoms with Crippen molar-refractivity contribution in [2.45, 2.75) is 24.7 Å². The Balaban J connectivity index is 1.19. The molecule has 1 saturated carbocycles. The number of sulfonamides is 1. The van der Waals surface area contributed by atoms with Gasteiger partial charge in [-0.15, -0.1) is 0 Å². The monoisotopic (exact) mass is 525 g/mol. The van der Waals surface area contributed by atoms with Gasteiger partial charge in [-0.2, -0.15) is 4.98 Å². The Labute approximate surface area is 219 Å². The summed E-state index contributed by atoms with van der Waals surface area (Å²) in [6.07, 6.45) is 3.39. The molecule has 2 aromatic heterocycles. The molecule has 1 amide bonds. The Morgan fingerprint density at radius 3 is 2.50 bits per heavy atom. The molecule has 0 bridgehead atoms. The molecule has 1 aliphatic carbocycles. The van der Waals surface area contributed by atoms with Crippen LogP contribution in [0.3, 0.4) is 0 Å². The fourth-order valence-electron chi connectivity index (χ4n) is 4.08. The number of benzene rings is 3. The third-order valence-corrected chi connectivity index (χ3v) is 8.04. The molecule has 2 N–H and O–H groups in total. The largest absolute Gasteiger partial charge is 0.332 e. The van der Waals surface area contributed by atoms with Gasteiger partial charge in [-0.3, -0.25) is 14.5 Å². The zero-order valence-corrected chi connectivity index (χ0v) is 21.2. The molecular weight excluding hydrogens is 502 g/mol. The van der Waals surface area contributed by atoms with Gasteiger partial charge in [0.2, 0.25) is 11.7 Å². The molecule has 10 heteroatoms. The topological polar surface area (TPSA) is 127 Å². The van der Waals surface area contributed by atoms with E-state index in [1.165, 1.54) is 12.1 Å². The fourth-order valence-corrected chi connectivity index (χ4v) is 5.13. The Hall–Kier alpha value is -4.57. The molecule has 5 aromatic rings. The van der Waals surface area contributed by atoms with E-state index in [2.05, 4.69) is 25.2 Å². The standard InChI is InChI=1S/C28H23N5O4S/c1-28(14-15-28)27(34)30-20-6-4-7-21(17-20)33-38(35,36)22-11-9-19(10-12-22)25-31-26(37-32-25)24-23-8-3-2-5-18(23)13-16-29-24/h2-13,16-17,33H,14-15H2,1H3,(H,30,34). The molecule has 0 radical (unpaired) electrons. The number of amides is 1. The summed E-state index contributed by atoms with van der Waals surface area (Å²) in [5.74, 6) is 0.534. The zero-order valence-electron chi connectivity index (χ0n) is 20.4. The van der Waals surface area contributed by atoms with Crippen molar-refractivity contribution < 1.29 is 17.7 Å². The van der Waals surface area contributed by atoms with Crippen molar-refractivity contribution >= 4 is 38.1 Å². The van der Waals surface area contributed by atoms with Crippen LogP contribution in [0.5, 0.6) is 0 Å². The van der Waals surface area contributed by atoms with E-state index in [4.69, 9.17) is 4.52 Å². The lowest BCUT2D eigenvalue weighted by Gasteiger charge is -2.12. The number of nitrogens with one attached hydrogen (secondary N) is 2. The van der Waals surface area contributed by atoms with Crippen LogP contribution in [-0.4, -0.2) is 29.4 Å². The first kappa shape index (κ1) is 23.8. The maximum Gasteiger partial charge on any atom is 0.277 e. The molecule has 0 saturated heterocycles. The molecule has 2 heterocycles. The minimum atomic E-state index is -3.87.